The first-order chi connectivity index (χ1) is 5.90. The zero-order valence-electron chi connectivity index (χ0n) is 6.43. The summed E-state index contributed by atoms with van der Waals surface area (Å²) in [5.41, 5.74) is 0.510. The van der Waals surface area contributed by atoms with Crippen LogP contribution in [0.4, 0.5) is 0 Å². The van der Waals surface area contributed by atoms with Gasteiger partial charge in [0.25, 0.3) is 0 Å². The third kappa shape index (κ3) is 1.41. The Hall–Kier alpha value is -1.47. The van der Waals surface area contributed by atoms with E-state index in [1.165, 1.54) is 4.73 Å². The van der Waals surface area contributed by atoms with Crippen molar-refractivity contribution < 1.29 is 9.57 Å². The molecule has 0 N–H and O–H groups in total. The van der Waals surface area contributed by atoms with E-state index in [1.807, 2.05) is 6.07 Å². The van der Waals surface area contributed by atoms with Crippen LogP contribution in [0.15, 0.2) is 18.3 Å². The van der Waals surface area contributed by atoms with Gasteiger partial charge in [0.2, 0.25) is 0 Å². The zero-order chi connectivity index (χ0) is 8.39. The molecule has 0 saturated carbocycles. The topological polar surface area (TPSA) is 50.5 Å². The first-order valence-electron chi connectivity index (χ1n) is 3.72. The second-order valence-electron chi connectivity index (χ2n) is 2.58. The number of nitrogens with zero attached hydrogens (tertiary/aromatic N) is 2. The number of epoxide rings is 1. The summed E-state index contributed by atoms with van der Waals surface area (Å²) in [5.74, 6) is 0. The number of nitriles is 1. The highest BCUT2D eigenvalue weighted by Crippen LogP contribution is 2.07. The molecule has 0 amide bonds. The van der Waals surface area contributed by atoms with Gasteiger partial charge in [-0.15, -0.1) is 0 Å². The van der Waals surface area contributed by atoms with Gasteiger partial charge in [0.1, 0.15) is 18.8 Å². The van der Waals surface area contributed by atoms with Crippen molar-refractivity contribution >= 4 is 0 Å². The van der Waals surface area contributed by atoms with Crippen molar-refractivity contribution in [3.8, 4) is 6.07 Å². The van der Waals surface area contributed by atoms with Gasteiger partial charge in [-0.2, -0.15) is 9.99 Å². The minimum absolute atomic E-state index is 0.221. The summed E-state index contributed by atoms with van der Waals surface area (Å²) in [7, 11) is 0. The Morgan fingerprint density at radius 2 is 2.67 bits per heavy atom. The molecule has 0 bridgehead atoms. The molecule has 1 aliphatic heterocycles. The van der Waals surface area contributed by atoms with Gasteiger partial charge in [-0.1, -0.05) is 0 Å². The normalized spacial score (nSPS) is 20.1. The Morgan fingerprint density at radius 1 is 1.83 bits per heavy atom. The van der Waals surface area contributed by atoms with E-state index in [0.29, 0.717) is 12.3 Å². The first-order valence-corrected chi connectivity index (χ1v) is 3.72. The van der Waals surface area contributed by atoms with Crippen molar-refractivity contribution in [2.75, 3.05) is 13.2 Å². The van der Waals surface area contributed by atoms with Gasteiger partial charge in [-0.3, -0.25) is 0 Å². The second kappa shape index (κ2) is 2.88. The molecule has 1 aromatic heterocycles. The van der Waals surface area contributed by atoms with Gasteiger partial charge < -0.3 is 9.57 Å². The second-order valence-corrected chi connectivity index (χ2v) is 2.58. The minimum Gasteiger partial charge on any atom is -0.410 e. The molecule has 62 valence electrons. The molecule has 1 fully saturated rings. The standard InChI is InChI=1S/C8H8N2O2/c9-4-7-2-1-3-10(7)12-6-8-5-11-8/h1-3,8H,5-6H2. The Balaban J connectivity index is 1.97. The molecular formula is C8H8N2O2. The van der Waals surface area contributed by atoms with Crippen LogP contribution in [0.3, 0.4) is 0 Å². The Morgan fingerprint density at radius 3 is 3.33 bits per heavy atom. The van der Waals surface area contributed by atoms with Crippen LogP contribution in [0.25, 0.3) is 0 Å². The van der Waals surface area contributed by atoms with Gasteiger partial charge in [0.05, 0.1) is 6.61 Å². The zero-order valence-corrected chi connectivity index (χ0v) is 6.43. The molecule has 1 aliphatic rings. The van der Waals surface area contributed by atoms with Crippen LogP contribution in [0.5, 0.6) is 0 Å². The number of aromatic nitrogens is 1. The highest BCUT2D eigenvalue weighted by atomic mass is 16.7. The van der Waals surface area contributed by atoms with Crippen LogP contribution in [0, 0.1) is 11.3 Å². The van der Waals surface area contributed by atoms with Crippen LogP contribution in [0.2, 0.25) is 0 Å². The van der Waals surface area contributed by atoms with Crippen molar-refractivity contribution in [1.29, 1.82) is 5.26 Å². The van der Waals surface area contributed by atoms with Crippen molar-refractivity contribution in [3.05, 3.63) is 24.0 Å². The van der Waals surface area contributed by atoms with E-state index >= 15 is 0 Å². The van der Waals surface area contributed by atoms with Gasteiger partial charge in [-0.25, -0.2) is 0 Å². The minimum atomic E-state index is 0.221. The lowest BCUT2D eigenvalue weighted by Gasteiger charge is -2.04. The summed E-state index contributed by atoms with van der Waals surface area (Å²) in [6.45, 7) is 1.28. The molecule has 1 saturated heterocycles. The molecule has 1 atom stereocenters. The van der Waals surface area contributed by atoms with E-state index in [2.05, 4.69) is 0 Å². The lowest BCUT2D eigenvalue weighted by atomic mass is 10.5. The van der Waals surface area contributed by atoms with E-state index in [0.717, 1.165) is 6.61 Å². The number of hydrogen-bond acceptors (Lipinski definition) is 3. The fraction of sp³-hybridized carbons (Fsp3) is 0.375. The molecule has 0 aromatic carbocycles. The molecule has 1 aromatic rings. The smallest absolute Gasteiger partial charge is 0.156 e. The molecule has 0 radical (unpaired) electrons. The molecular weight excluding hydrogens is 156 g/mol. The van der Waals surface area contributed by atoms with Crippen LogP contribution in [-0.4, -0.2) is 24.0 Å². The fourth-order valence-electron chi connectivity index (χ4n) is 0.893. The van der Waals surface area contributed by atoms with Crippen molar-refractivity contribution in [1.82, 2.24) is 4.73 Å². The Kier molecular flexibility index (Phi) is 1.72. The average molecular weight is 164 g/mol. The van der Waals surface area contributed by atoms with Crippen LogP contribution in [-0.2, 0) is 4.74 Å². The number of rotatable bonds is 3. The summed E-state index contributed by atoms with van der Waals surface area (Å²) in [4.78, 5) is 5.26. The van der Waals surface area contributed by atoms with E-state index in [-0.39, 0.29) is 6.10 Å². The predicted molar refractivity (Wildman–Crippen MR) is 40.3 cm³/mol. The maximum atomic E-state index is 8.61. The highest BCUT2D eigenvalue weighted by Gasteiger charge is 2.23. The summed E-state index contributed by atoms with van der Waals surface area (Å²) in [6.07, 6.45) is 1.93. The van der Waals surface area contributed by atoms with Gasteiger partial charge in [-0.05, 0) is 12.1 Å². The van der Waals surface area contributed by atoms with Gasteiger partial charge >= 0.3 is 0 Å². The summed E-state index contributed by atoms with van der Waals surface area (Å²) >= 11 is 0. The summed E-state index contributed by atoms with van der Waals surface area (Å²) in [5, 5.41) is 8.61. The first kappa shape index (κ1) is 7.19. The van der Waals surface area contributed by atoms with Crippen LogP contribution in [0.1, 0.15) is 5.69 Å². The number of ether oxygens (including phenoxy) is 1. The molecule has 4 heteroatoms. The van der Waals surface area contributed by atoms with E-state index in [9.17, 15) is 0 Å². The molecule has 2 heterocycles. The average Bonchev–Trinajstić information content (AvgIpc) is 2.81. The van der Waals surface area contributed by atoms with E-state index in [1.54, 1.807) is 18.3 Å². The molecule has 0 spiro atoms. The largest absolute Gasteiger partial charge is 0.410 e. The third-order valence-electron chi connectivity index (χ3n) is 1.63. The Bertz CT molecular complexity index is 309. The Labute approximate surface area is 69.9 Å². The maximum Gasteiger partial charge on any atom is 0.156 e. The van der Waals surface area contributed by atoms with Crippen LogP contribution < -0.4 is 4.84 Å². The molecule has 4 nitrogen and oxygen atoms in total. The van der Waals surface area contributed by atoms with Gasteiger partial charge in [0, 0.05) is 6.20 Å². The van der Waals surface area contributed by atoms with Crippen molar-refractivity contribution in [2.45, 2.75) is 6.10 Å². The van der Waals surface area contributed by atoms with Crippen molar-refractivity contribution in [3.63, 3.8) is 0 Å². The molecule has 12 heavy (non-hydrogen) atoms. The van der Waals surface area contributed by atoms with Crippen LogP contribution >= 0.6 is 0 Å². The van der Waals surface area contributed by atoms with Crippen molar-refractivity contribution in [2.24, 2.45) is 0 Å². The molecule has 2 rings (SSSR count). The maximum absolute atomic E-state index is 8.61. The highest BCUT2D eigenvalue weighted by molar-refractivity contribution is 5.20. The summed E-state index contributed by atoms with van der Waals surface area (Å²) in [6, 6.07) is 5.49. The van der Waals surface area contributed by atoms with E-state index in [4.69, 9.17) is 14.8 Å². The predicted octanol–water partition coefficient (Wildman–Crippen LogP) is 0.187. The third-order valence-corrected chi connectivity index (χ3v) is 1.63. The van der Waals surface area contributed by atoms with Gasteiger partial charge in [0.15, 0.2) is 5.69 Å². The lowest BCUT2D eigenvalue weighted by Crippen LogP contribution is -2.16. The fourth-order valence-corrected chi connectivity index (χ4v) is 0.893. The summed E-state index contributed by atoms with van der Waals surface area (Å²) < 4.78 is 6.42. The van der Waals surface area contributed by atoms with E-state index < -0.39 is 0 Å². The quantitative estimate of drug-likeness (QED) is 0.599. The number of hydrogen-bond donors (Lipinski definition) is 0. The monoisotopic (exact) mass is 164 g/mol. The molecule has 0 aliphatic carbocycles. The SMILES string of the molecule is N#Cc1cccn1OCC1CO1. The lowest BCUT2D eigenvalue weighted by molar-refractivity contribution is 0.0944. The molecule has 1 unspecified atom stereocenters.